The maximum absolute atomic E-state index is 5.15. The number of nitrogens with zero attached hydrogens (tertiary/aromatic N) is 2. The first kappa shape index (κ1) is 12.7. The lowest BCUT2D eigenvalue weighted by atomic mass is 10.1. The maximum atomic E-state index is 5.15. The van der Waals surface area contributed by atoms with E-state index in [1.165, 1.54) is 5.56 Å². The monoisotopic (exact) mass is 244 g/mol. The number of rotatable bonds is 5. The molecule has 0 fully saturated rings. The highest BCUT2D eigenvalue weighted by Gasteiger charge is 2.06. The van der Waals surface area contributed by atoms with Crippen molar-refractivity contribution in [2.24, 2.45) is 0 Å². The van der Waals surface area contributed by atoms with Crippen molar-refractivity contribution in [2.75, 3.05) is 7.11 Å². The molecule has 96 valence electrons. The van der Waals surface area contributed by atoms with Gasteiger partial charge in [-0.1, -0.05) is 26.0 Å². The molecule has 0 saturated carbocycles. The van der Waals surface area contributed by atoms with Gasteiger partial charge < -0.3 is 9.30 Å². The molecule has 0 bridgehead atoms. The van der Waals surface area contributed by atoms with E-state index < -0.39 is 0 Å². The summed E-state index contributed by atoms with van der Waals surface area (Å²) in [4.78, 5) is 4.40. The molecule has 0 unspecified atom stereocenters. The van der Waals surface area contributed by atoms with Crippen LogP contribution in [-0.4, -0.2) is 16.7 Å². The van der Waals surface area contributed by atoms with E-state index in [1.807, 2.05) is 18.3 Å². The predicted molar refractivity (Wildman–Crippen MR) is 73.0 cm³/mol. The van der Waals surface area contributed by atoms with Crippen LogP contribution < -0.4 is 4.74 Å². The number of benzene rings is 1. The Morgan fingerprint density at radius 3 is 2.56 bits per heavy atom. The zero-order chi connectivity index (χ0) is 13.0. The van der Waals surface area contributed by atoms with E-state index >= 15 is 0 Å². The van der Waals surface area contributed by atoms with Gasteiger partial charge in [-0.15, -0.1) is 0 Å². The second-order valence-electron chi connectivity index (χ2n) is 4.73. The van der Waals surface area contributed by atoms with Crippen molar-refractivity contribution in [1.29, 1.82) is 0 Å². The summed E-state index contributed by atoms with van der Waals surface area (Å²) in [6, 6.07) is 8.24. The van der Waals surface area contributed by atoms with Crippen molar-refractivity contribution < 1.29 is 4.74 Å². The fourth-order valence-electron chi connectivity index (χ4n) is 2.05. The standard InChI is InChI=1S/C15H20N2O/c1-12(2)15-16-9-11-17(15)10-8-13-4-6-14(18-3)7-5-13/h4-7,9,11-12H,8,10H2,1-3H3. The highest BCUT2D eigenvalue weighted by atomic mass is 16.5. The summed E-state index contributed by atoms with van der Waals surface area (Å²) in [7, 11) is 1.69. The number of aromatic nitrogens is 2. The number of aryl methyl sites for hydroxylation is 2. The Bertz CT molecular complexity index is 485. The van der Waals surface area contributed by atoms with Crippen LogP contribution in [-0.2, 0) is 13.0 Å². The molecular weight excluding hydrogens is 224 g/mol. The highest BCUT2D eigenvalue weighted by Crippen LogP contribution is 2.15. The minimum atomic E-state index is 0.468. The lowest BCUT2D eigenvalue weighted by molar-refractivity contribution is 0.414. The van der Waals surface area contributed by atoms with Crippen LogP contribution >= 0.6 is 0 Å². The van der Waals surface area contributed by atoms with Crippen LogP contribution in [0.1, 0.15) is 31.2 Å². The molecule has 0 atom stereocenters. The minimum absolute atomic E-state index is 0.468. The van der Waals surface area contributed by atoms with Crippen molar-refractivity contribution in [3.8, 4) is 5.75 Å². The molecule has 0 aliphatic carbocycles. The van der Waals surface area contributed by atoms with Gasteiger partial charge in [0.2, 0.25) is 0 Å². The molecule has 0 saturated heterocycles. The molecule has 1 aromatic carbocycles. The minimum Gasteiger partial charge on any atom is -0.497 e. The SMILES string of the molecule is COc1ccc(CCn2ccnc2C(C)C)cc1. The van der Waals surface area contributed by atoms with Gasteiger partial charge in [-0.2, -0.15) is 0 Å². The molecule has 0 spiro atoms. The van der Waals surface area contributed by atoms with E-state index in [0.717, 1.165) is 24.5 Å². The Morgan fingerprint density at radius 1 is 1.22 bits per heavy atom. The second-order valence-corrected chi connectivity index (χ2v) is 4.73. The molecule has 0 amide bonds. The summed E-state index contributed by atoms with van der Waals surface area (Å²) >= 11 is 0. The van der Waals surface area contributed by atoms with E-state index in [-0.39, 0.29) is 0 Å². The molecule has 0 aliphatic rings. The van der Waals surface area contributed by atoms with E-state index in [9.17, 15) is 0 Å². The molecular formula is C15H20N2O. The zero-order valence-corrected chi connectivity index (χ0v) is 11.3. The second kappa shape index (κ2) is 5.71. The number of hydrogen-bond donors (Lipinski definition) is 0. The molecule has 0 aliphatic heterocycles. The third-order valence-corrected chi connectivity index (χ3v) is 3.06. The molecule has 0 radical (unpaired) electrons. The third-order valence-electron chi connectivity index (χ3n) is 3.06. The molecule has 0 N–H and O–H groups in total. The van der Waals surface area contributed by atoms with Gasteiger partial charge in [0.25, 0.3) is 0 Å². The quantitative estimate of drug-likeness (QED) is 0.807. The van der Waals surface area contributed by atoms with Gasteiger partial charge in [0.05, 0.1) is 7.11 Å². The largest absolute Gasteiger partial charge is 0.497 e. The van der Waals surface area contributed by atoms with Gasteiger partial charge in [0.1, 0.15) is 11.6 Å². The normalized spacial score (nSPS) is 10.9. The fourth-order valence-corrected chi connectivity index (χ4v) is 2.05. The van der Waals surface area contributed by atoms with Crippen LogP contribution in [0.3, 0.4) is 0 Å². The molecule has 18 heavy (non-hydrogen) atoms. The number of methoxy groups -OCH3 is 1. The average molecular weight is 244 g/mol. The van der Waals surface area contributed by atoms with E-state index in [2.05, 4.69) is 41.7 Å². The van der Waals surface area contributed by atoms with Crippen LogP contribution in [0.2, 0.25) is 0 Å². The third kappa shape index (κ3) is 2.92. The van der Waals surface area contributed by atoms with Crippen molar-refractivity contribution >= 4 is 0 Å². The molecule has 1 heterocycles. The fraction of sp³-hybridized carbons (Fsp3) is 0.400. The van der Waals surface area contributed by atoms with E-state index in [0.29, 0.717) is 5.92 Å². The Morgan fingerprint density at radius 2 is 1.94 bits per heavy atom. The number of hydrogen-bond acceptors (Lipinski definition) is 2. The smallest absolute Gasteiger partial charge is 0.118 e. The molecule has 3 nitrogen and oxygen atoms in total. The number of imidazole rings is 1. The Kier molecular flexibility index (Phi) is 4.03. The first-order chi connectivity index (χ1) is 8.70. The predicted octanol–water partition coefficient (Wildman–Crippen LogP) is 3.26. The van der Waals surface area contributed by atoms with Gasteiger partial charge >= 0.3 is 0 Å². The van der Waals surface area contributed by atoms with Crippen LogP contribution in [0.4, 0.5) is 0 Å². The van der Waals surface area contributed by atoms with Crippen molar-refractivity contribution in [3.63, 3.8) is 0 Å². The molecule has 2 aromatic rings. The summed E-state index contributed by atoms with van der Waals surface area (Å²) in [5.74, 6) is 2.53. The van der Waals surface area contributed by atoms with E-state index in [4.69, 9.17) is 4.74 Å². The summed E-state index contributed by atoms with van der Waals surface area (Å²) < 4.78 is 7.39. The lowest BCUT2D eigenvalue weighted by Gasteiger charge is -2.10. The Balaban J connectivity index is 2.00. The first-order valence-electron chi connectivity index (χ1n) is 6.34. The summed E-state index contributed by atoms with van der Waals surface area (Å²) in [5.41, 5.74) is 1.32. The van der Waals surface area contributed by atoms with Crippen LogP contribution in [0.15, 0.2) is 36.7 Å². The number of ether oxygens (including phenoxy) is 1. The highest BCUT2D eigenvalue weighted by molar-refractivity contribution is 5.27. The van der Waals surface area contributed by atoms with Gasteiger partial charge in [0, 0.05) is 24.9 Å². The molecule has 3 heteroatoms. The topological polar surface area (TPSA) is 27.1 Å². The lowest BCUT2D eigenvalue weighted by Crippen LogP contribution is -2.06. The van der Waals surface area contributed by atoms with Crippen LogP contribution in [0.25, 0.3) is 0 Å². The maximum Gasteiger partial charge on any atom is 0.118 e. The van der Waals surface area contributed by atoms with Crippen LogP contribution in [0.5, 0.6) is 5.75 Å². The van der Waals surface area contributed by atoms with Gasteiger partial charge in [-0.25, -0.2) is 4.98 Å². The van der Waals surface area contributed by atoms with Gasteiger partial charge in [-0.05, 0) is 24.1 Å². The Hall–Kier alpha value is -1.77. The Labute approximate surface area is 108 Å². The van der Waals surface area contributed by atoms with E-state index in [1.54, 1.807) is 7.11 Å². The molecule has 1 aromatic heterocycles. The molecule has 2 rings (SSSR count). The zero-order valence-electron chi connectivity index (χ0n) is 11.3. The first-order valence-corrected chi connectivity index (χ1v) is 6.34. The van der Waals surface area contributed by atoms with Gasteiger partial charge in [0.15, 0.2) is 0 Å². The van der Waals surface area contributed by atoms with Crippen molar-refractivity contribution in [1.82, 2.24) is 9.55 Å². The summed E-state index contributed by atoms with van der Waals surface area (Å²) in [6.07, 6.45) is 4.95. The average Bonchev–Trinajstić information content (AvgIpc) is 2.85. The summed E-state index contributed by atoms with van der Waals surface area (Å²) in [6.45, 7) is 5.32. The van der Waals surface area contributed by atoms with Crippen molar-refractivity contribution in [3.05, 3.63) is 48.0 Å². The van der Waals surface area contributed by atoms with Crippen LogP contribution in [0, 0.1) is 0 Å². The van der Waals surface area contributed by atoms with Gasteiger partial charge in [-0.3, -0.25) is 0 Å². The summed E-state index contributed by atoms with van der Waals surface area (Å²) in [5, 5.41) is 0. The van der Waals surface area contributed by atoms with Crippen molar-refractivity contribution in [2.45, 2.75) is 32.7 Å².